The molecule has 42 valence electrons. The SMILES string of the molecule is CO[Si](C)(C#N)C#N. The Labute approximate surface area is 49.2 Å². The molecule has 0 aromatic carbocycles. The minimum absolute atomic E-state index is 1.39. The molecule has 0 fully saturated rings. The zero-order valence-corrected chi connectivity index (χ0v) is 5.80. The molecule has 0 radical (unpaired) electrons. The molecule has 0 atom stereocenters. The summed E-state index contributed by atoms with van der Waals surface area (Å²) in [6.45, 7) is 1.55. The summed E-state index contributed by atoms with van der Waals surface area (Å²) >= 11 is 0. The van der Waals surface area contributed by atoms with Gasteiger partial charge in [-0.25, -0.2) is 10.5 Å². The average Bonchev–Trinajstić information content (AvgIpc) is 1.87. The van der Waals surface area contributed by atoms with Crippen LogP contribution in [0.2, 0.25) is 6.55 Å². The van der Waals surface area contributed by atoms with Gasteiger partial charge in [0.05, 0.1) is 11.4 Å². The van der Waals surface area contributed by atoms with Crippen LogP contribution in [0, 0.1) is 21.9 Å². The molecule has 0 amide bonds. The standard InChI is InChI=1S/C4H6N2OSi/c1-7-8(2,3-5)4-6/h1-2H3. The van der Waals surface area contributed by atoms with E-state index in [9.17, 15) is 0 Å². The van der Waals surface area contributed by atoms with Crippen molar-refractivity contribution in [3.05, 3.63) is 0 Å². The van der Waals surface area contributed by atoms with E-state index in [0.717, 1.165) is 0 Å². The summed E-state index contributed by atoms with van der Waals surface area (Å²) in [5, 5.41) is 16.5. The second kappa shape index (κ2) is 2.46. The number of rotatable bonds is 1. The molecular weight excluding hydrogens is 120 g/mol. The first-order chi connectivity index (χ1) is 3.68. The third kappa shape index (κ3) is 1.34. The maximum Gasteiger partial charge on any atom is 0.411 e. The summed E-state index contributed by atoms with van der Waals surface area (Å²) < 4.78 is 4.65. The monoisotopic (exact) mass is 126 g/mol. The minimum atomic E-state index is -2.56. The molecule has 0 bridgehead atoms. The van der Waals surface area contributed by atoms with E-state index in [4.69, 9.17) is 10.5 Å². The first-order valence-corrected chi connectivity index (χ1v) is 4.47. The lowest BCUT2D eigenvalue weighted by Crippen LogP contribution is -2.29. The smallest absolute Gasteiger partial charge is 0.398 e. The number of hydrogen-bond acceptors (Lipinski definition) is 3. The molecule has 0 N–H and O–H groups in total. The third-order valence-corrected chi connectivity index (χ3v) is 2.50. The summed E-state index contributed by atoms with van der Waals surface area (Å²) in [5.41, 5.74) is 3.67. The second-order valence-corrected chi connectivity index (χ2v) is 4.38. The molecule has 0 saturated carbocycles. The van der Waals surface area contributed by atoms with Crippen molar-refractivity contribution in [1.82, 2.24) is 0 Å². The maximum absolute atomic E-state index is 8.25. The molecule has 0 rings (SSSR count). The van der Waals surface area contributed by atoms with Crippen molar-refractivity contribution in [3.63, 3.8) is 0 Å². The Bertz CT molecular complexity index is 140. The van der Waals surface area contributed by atoms with Gasteiger partial charge < -0.3 is 4.43 Å². The van der Waals surface area contributed by atoms with Crippen LogP contribution < -0.4 is 0 Å². The fraction of sp³-hybridized carbons (Fsp3) is 0.500. The highest BCUT2D eigenvalue weighted by Crippen LogP contribution is 1.96. The second-order valence-electron chi connectivity index (χ2n) is 1.46. The highest BCUT2D eigenvalue weighted by atomic mass is 28.4. The lowest BCUT2D eigenvalue weighted by molar-refractivity contribution is 0.422. The first-order valence-electron chi connectivity index (χ1n) is 2.06. The number of nitriles is 2. The fourth-order valence-corrected chi connectivity index (χ4v) is 0.349. The Hall–Kier alpha value is -0.843. The van der Waals surface area contributed by atoms with Crippen molar-refractivity contribution in [2.45, 2.75) is 6.55 Å². The summed E-state index contributed by atoms with van der Waals surface area (Å²) in [7, 11) is -1.17. The number of nitrogens with zero attached hydrogens (tertiary/aromatic N) is 2. The molecule has 0 aromatic rings. The van der Waals surface area contributed by atoms with E-state index in [1.165, 1.54) is 7.11 Å². The van der Waals surface area contributed by atoms with Crippen molar-refractivity contribution in [3.8, 4) is 11.4 Å². The van der Waals surface area contributed by atoms with Crippen LogP contribution >= 0.6 is 0 Å². The van der Waals surface area contributed by atoms with Crippen LogP contribution in [-0.4, -0.2) is 15.4 Å². The lowest BCUT2D eigenvalue weighted by atomic mass is 11.7. The van der Waals surface area contributed by atoms with E-state index in [0.29, 0.717) is 0 Å². The Morgan fingerprint density at radius 2 is 1.75 bits per heavy atom. The summed E-state index contributed by atoms with van der Waals surface area (Å²) in [5.74, 6) is 0. The van der Waals surface area contributed by atoms with E-state index in [2.05, 4.69) is 4.43 Å². The Kier molecular flexibility index (Phi) is 2.20. The first kappa shape index (κ1) is 7.16. The highest BCUT2D eigenvalue weighted by molar-refractivity contribution is 6.86. The maximum atomic E-state index is 8.25. The molecule has 0 spiro atoms. The summed E-state index contributed by atoms with van der Waals surface area (Å²) in [6, 6.07) is 0. The lowest BCUT2D eigenvalue weighted by Gasteiger charge is -2.02. The zero-order valence-electron chi connectivity index (χ0n) is 4.80. The molecule has 3 nitrogen and oxygen atoms in total. The molecule has 0 aliphatic carbocycles. The van der Waals surface area contributed by atoms with Crippen molar-refractivity contribution < 1.29 is 4.43 Å². The van der Waals surface area contributed by atoms with Crippen LogP contribution in [0.25, 0.3) is 0 Å². The van der Waals surface area contributed by atoms with Crippen LogP contribution in [0.4, 0.5) is 0 Å². The zero-order chi connectivity index (χ0) is 6.62. The molecule has 0 heterocycles. The van der Waals surface area contributed by atoms with Gasteiger partial charge in [0.25, 0.3) is 0 Å². The van der Waals surface area contributed by atoms with E-state index in [-0.39, 0.29) is 0 Å². The van der Waals surface area contributed by atoms with Crippen LogP contribution in [0.5, 0.6) is 0 Å². The van der Waals surface area contributed by atoms with E-state index >= 15 is 0 Å². The van der Waals surface area contributed by atoms with Gasteiger partial charge in [-0.05, 0) is 6.55 Å². The summed E-state index contributed by atoms with van der Waals surface area (Å²) in [4.78, 5) is 0. The van der Waals surface area contributed by atoms with E-state index in [1.807, 2.05) is 11.4 Å². The molecule has 8 heavy (non-hydrogen) atoms. The van der Waals surface area contributed by atoms with Gasteiger partial charge >= 0.3 is 8.32 Å². The van der Waals surface area contributed by atoms with Gasteiger partial charge in [0.2, 0.25) is 0 Å². The van der Waals surface area contributed by atoms with Gasteiger partial charge in [0, 0.05) is 7.11 Å². The van der Waals surface area contributed by atoms with Gasteiger partial charge in [0.1, 0.15) is 0 Å². The van der Waals surface area contributed by atoms with Crippen LogP contribution in [-0.2, 0) is 4.43 Å². The van der Waals surface area contributed by atoms with Gasteiger partial charge in [-0.3, -0.25) is 0 Å². The molecule has 0 aliphatic heterocycles. The van der Waals surface area contributed by atoms with E-state index in [1.54, 1.807) is 6.55 Å². The quantitative estimate of drug-likeness (QED) is 0.476. The highest BCUT2D eigenvalue weighted by Gasteiger charge is 2.27. The Morgan fingerprint density at radius 3 is 1.75 bits per heavy atom. The summed E-state index contributed by atoms with van der Waals surface area (Å²) in [6.07, 6.45) is 0. The molecule has 0 saturated heterocycles. The van der Waals surface area contributed by atoms with Gasteiger partial charge in [0.15, 0.2) is 0 Å². The fourth-order valence-electron chi connectivity index (χ4n) is 0.116. The molecular formula is C4H6N2OSi. The number of hydrogen-bond donors (Lipinski definition) is 0. The van der Waals surface area contributed by atoms with Crippen molar-refractivity contribution in [1.29, 1.82) is 10.5 Å². The van der Waals surface area contributed by atoms with Crippen LogP contribution in [0.3, 0.4) is 0 Å². The third-order valence-electron chi connectivity index (χ3n) is 0.835. The predicted octanol–water partition coefficient (Wildman–Crippen LogP) is 0.334. The van der Waals surface area contributed by atoms with Crippen molar-refractivity contribution >= 4 is 8.32 Å². The van der Waals surface area contributed by atoms with Gasteiger partial charge in [-0.2, -0.15) is 0 Å². The van der Waals surface area contributed by atoms with Crippen LogP contribution in [0.1, 0.15) is 0 Å². The van der Waals surface area contributed by atoms with Crippen molar-refractivity contribution in [2.75, 3.05) is 7.11 Å². The van der Waals surface area contributed by atoms with Crippen molar-refractivity contribution in [2.24, 2.45) is 0 Å². The minimum Gasteiger partial charge on any atom is -0.398 e. The molecule has 0 unspecified atom stereocenters. The van der Waals surface area contributed by atoms with Gasteiger partial charge in [-0.15, -0.1) is 0 Å². The Balaban J connectivity index is 4.11. The molecule has 0 aliphatic rings. The normalized spacial score (nSPS) is 9.50. The predicted molar refractivity (Wildman–Crippen MR) is 29.9 cm³/mol. The van der Waals surface area contributed by atoms with Crippen LogP contribution in [0.15, 0.2) is 0 Å². The molecule has 4 heteroatoms. The largest absolute Gasteiger partial charge is 0.411 e. The topological polar surface area (TPSA) is 56.8 Å². The molecule has 0 aromatic heterocycles. The Morgan fingerprint density at radius 1 is 1.38 bits per heavy atom. The average molecular weight is 126 g/mol. The van der Waals surface area contributed by atoms with Gasteiger partial charge in [-0.1, -0.05) is 0 Å². The van der Waals surface area contributed by atoms with E-state index < -0.39 is 8.32 Å².